The Morgan fingerprint density at radius 2 is 2.12 bits per heavy atom. The second-order valence-corrected chi connectivity index (χ2v) is 3.89. The predicted molar refractivity (Wildman–Crippen MR) is 59.0 cm³/mol. The van der Waals surface area contributed by atoms with Gasteiger partial charge in [0.15, 0.2) is 0 Å². The van der Waals surface area contributed by atoms with Gasteiger partial charge in [0.25, 0.3) is 5.91 Å². The SMILES string of the molecule is Cc1ccc(C2NON(CC(N)=O)C2=O)cc1. The molecule has 1 atom stereocenters. The summed E-state index contributed by atoms with van der Waals surface area (Å²) in [5.41, 5.74) is 9.45. The van der Waals surface area contributed by atoms with Crippen LogP contribution in [0.15, 0.2) is 24.3 Å². The van der Waals surface area contributed by atoms with E-state index in [-0.39, 0.29) is 12.5 Å². The van der Waals surface area contributed by atoms with Crippen molar-refractivity contribution in [3.05, 3.63) is 35.4 Å². The number of rotatable bonds is 3. The Labute approximate surface area is 98.2 Å². The molecule has 0 saturated carbocycles. The minimum atomic E-state index is -0.621. The summed E-state index contributed by atoms with van der Waals surface area (Å²) >= 11 is 0. The number of carbonyl (C=O) groups excluding carboxylic acids is 2. The molecular weight excluding hydrogens is 222 g/mol. The minimum Gasteiger partial charge on any atom is -0.368 e. The first-order valence-electron chi connectivity index (χ1n) is 5.16. The van der Waals surface area contributed by atoms with Crippen LogP contribution in [0.2, 0.25) is 0 Å². The molecule has 3 N–H and O–H groups in total. The molecule has 2 amide bonds. The molecule has 6 nitrogen and oxygen atoms in total. The average Bonchev–Trinajstić information content (AvgIpc) is 2.61. The fourth-order valence-electron chi connectivity index (χ4n) is 1.58. The summed E-state index contributed by atoms with van der Waals surface area (Å²) in [4.78, 5) is 27.5. The standard InChI is InChI=1S/C11H13N3O3/c1-7-2-4-8(5-3-7)10-11(16)14(17-13-10)6-9(12)15/h2-5,10,13H,6H2,1H3,(H2,12,15). The number of nitrogens with zero attached hydrogens (tertiary/aromatic N) is 1. The lowest BCUT2D eigenvalue weighted by atomic mass is 10.1. The second-order valence-electron chi connectivity index (χ2n) is 3.89. The molecule has 0 bridgehead atoms. The molecule has 6 heteroatoms. The van der Waals surface area contributed by atoms with Crippen molar-refractivity contribution in [3.8, 4) is 0 Å². The molecular formula is C11H13N3O3. The van der Waals surface area contributed by atoms with Gasteiger partial charge in [-0.15, -0.1) is 0 Å². The van der Waals surface area contributed by atoms with Gasteiger partial charge < -0.3 is 5.73 Å². The smallest absolute Gasteiger partial charge is 0.272 e. The number of carbonyl (C=O) groups is 2. The van der Waals surface area contributed by atoms with Gasteiger partial charge in [-0.3, -0.25) is 9.59 Å². The molecule has 1 saturated heterocycles. The van der Waals surface area contributed by atoms with E-state index < -0.39 is 11.9 Å². The molecule has 0 aliphatic carbocycles. The van der Waals surface area contributed by atoms with Crippen molar-refractivity contribution >= 4 is 11.8 Å². The molecule has 1 aliphatic heterocycles. The lowest BCUT2D eigenvalue weighted by Crippen LogP contribution is -2.34. The van der Waals surface area contributed by atoms with E-state index in [0.29, 0.717) is 0 Å². The first-order valence-corrected chi connectivity index (χ1v) is 5.16. The number of hydrogen-bond acceptors (Lipinski definition) is 4. The van der Waals surface area contributed by atoms with Gasteiger partial charge in [0, 0.05) is 0 Å². The Balaban J connectivity index is 2.12. The zero-order valence-electron chi connectivity index (χ0n) is 9.34. The maximum Gasteiger partial charge on any atom is 0.272 e. The number of hydrogen-bond donors (Lipinski definition) is 2. The third-order valence-corrected chi connectivity index (χ3v) is 2.48. The normalized spacial score (nSPS) is 19.7. The van der Waals surface area contributed by atoms with Crippen LogP contribution in [0.3, 0.4) is 0 Å². The minimum absolute atomic E-state index is 0.256. The van der Waals surface area contributed by atoms with Crippen LogP contribution in [0.5, 0.6) is 0 Å². The van der Waals surface area contributed by atoms with Crippen LogP contribution in [0.1, 0.15) is 17.2 Å². The fourth-order valence-corrected chi connectivity index (χ4v) is 1.58. The van der Waals surface area contributed by atoms with E-state index in [1.54, 1.807) is 0 Å². The average molecular weight is 235 g/mol. The number of hydroxylamine groups is 3. The molecule has 1 fully saturated rings. The summed E-state index contributed by atoms with van der Waals surface area (Å²) in [6, 6.07) is 6.89. The number of nitrogens with one attached hydrogen (secondary N) is 1. The molecule has 1 unspecified atom stereocenters. The monoisotopic (exact) mass is 235 g/mol. The van der Waals surface area contributed by atoms with Crippen LogP contribution in [0, 0.1) is 6.92 Å². The Bertz CT molecular complexity index is 444. The van der Waals surface area contributed by atoms with Crippen molar-refractivity contribution in [2.24, 2.45) is 5.73 Å². The van der Waals surface area contributed by atoms with Crippen molar-refractivity contribution in [3.63, 3.8) is 0 Å². The first-order chi connectivity index (χ1) is 8.08. The number of primary amides is 1. The van der Waals surface area contributed by atoms with Crippen LogP contribution in [0.25, 0.3) is 0 Å². The fraction of sp³-hybridized carbons (Fsp3) is 0.273. The van der Waals surface area contributed by atoms with E-state index in [0.717, 1.165) is 16.2 Å². The highest BCUT2D eigenvalue weighted by molar-refractivity contribution is 5.87. The molecule has 0 aromatic heterocycles. The van der Waals surface area contributed by atoms with Gasteiger partial charge in [-0.1, -0.05) is 29.8 Å². The quantitative estimate of drug-likeness (QED) is 0.759. The summed E-state index contributed by atoms with van der Waals surface area (Å²) in [7, 11) is 0. The van der Waals surface area contributed by atoms with Crippen LogP contribution in [0.4, 0.5) is 0 Å². The van der Waals surface area contributed by atoms with Gasteiger partial charge in [-0.2, -0.15) is 15.5 Å². The summed E-state index contributed by atoms with van der Waals surface area (Å²) in [5.74, 6) is -0.947. The van der Waals surface area contributed by atoms with E-state index in [1.807, 2.05) is 31.2 Å². The van der Waals surface area contributed by atoms with Crippen molar-refractivity contribution in [1.82, 2.24) is 10.5 Å². The Kier molecular flexibility index (Phi) is 3.08. The molecule has 2 rings (SSSR count). The zero-order chi connectivity index (χ0) is 12.4. The number of aryl methyl sites for hydroxylation is 1. The van der Waals surface area contributed by atoms with Crippen molar-refractivity contribution < 1.29 is 14.5 Å². The highest BCUT2D eigenvalue weighted by Gasteiger charge is 2.34. The molecule has 90 valence electrons. The van der Waals surface area contributed by atoms with Crippen molar-refractivity contribution in [2.75, 3.05) is 6.54 Å². The molecule has 1 aromatic carbocycles. The maximum absolute atomic E-state index is 11.9. The van der Waals surface area contributed by atoms with E-state index >= 15 is 0 Å². The third-order valence-electron chi connectivity index (χ3n) is 2.48. The molecule has 1 aromatic rings. The lowest BCUT2D eigenvalue weighted by Gasteiger charge is -2.09. The van der Waals surface area contributed by atoms with E-state index in [4.69, 9.17) is 10.7 Å². The van der Waals surface area contributed by atoms with Gasteiger partial charge in [0.05, 0.1) is 0 Å². The Morgan fingerprint density at radius 1 is 1.47 bits per heavy atom. The van der Waals surface area contributed by atoms with Gasteiger partial charge in [-0.05, 0) is 12.5 Å². The third kappa shape index (κ3) is 2.43. The van der Waals surface area contributed by atoms with Crippen molar-refractivity contribution in [1.29, 1.82) is 0 Å². The van der Waals surface area contributed by atoms with Gasteiger partial charge in [0.2, 0.25) is 5.91 Å². The summed E-state index contributed by atoms with van der Waals surface area (Å²) < 4.78 is 0. The predicted octanol–water partition coefficient (Wildman–Crippen LogP) is -0.200. The maximum atomic E-state index is 11.9. The van der Waals surface area contributed by atoms with Gasteiger partial charge in [0.1, 0.15) is 12.6 Å². The first kappa shape index (κ1) is 11.6. The molecule has 17 heavy (non-hydrogen) atoms. The van der Waals surface area contributed by atoms with Gasteiger partial charge >= 0.3 is 0 Å². The van der Waals surface area contributed by atoms with Crippen LogP contribution >= 0.6 is 0 Å². The number of amides is 2. The Morgan fingerprint density at radius 3 is 2.71 bits per heavy atom. The van der Waals surface area contributed by atoms with Crippen LogP contribution in [-0.4, -0.2) is 23.4 Å². The number of benzene rings is 1. The summed E-state index contributed by atoms with van der Waals surface area (Å²) in [6.45, 7) is 1.71. The topological polar surface area (TPSA) is 84.7 Å². The highest BCUT2D eigenvalue weighted by Crippen LogP contribution is 2.21. The summed E-state index contributed by atoms with van der Waals surface area (Å²) in [6.07, 6.45) is 0. The van der Waals surface area contributed by atoms with E-state index in [2.05, 4.69) is 5.48 Å². The zero-order valence-corrected chi connectivity index (χ0v) is 9.34. The van der Waals surface area contributed by atoms with Crippen LogP contribution < -0.4 is 11.2 Å². The lowest BCUT2D eigenvalue weighted by molar-refractivity contribution is -0.180. The molecule has 1 heterocycles. The van der Waals surface area contributed by atoms with E-state index in [9.17, 15) is 9.59 Å². The molecule has 0 radical (unpaired) electrons. The second kappa shape index (κ2) is 4.52. The Hall–Kier alpha value is -1.92. The summed E-state index contributed by atoms with van der Waals surface area (Å²) in [5, 5.41) is 0.923. The van der Waals surface area contributed by atoms with Gasteiger partial charge in [-0.25, -0.2) is 0 Å². The number of nitrogens with two attached hydrogens (primary N) is 1. The van der Waals surface area contributed by atoms with Crippen LogP contribution in [-0.2, 0) is 14.5 Å². The molecule has 1 aliphatic rings. The van der Waals surface area contributed by atoms with Crippen molar-refractivity contribution in [2.45, 2.75) is 13.0 Å². The van der Waals surface area contributed by atoms with E-state index in [1.165, 1.54) is 0 Å². The largest absolute Gasteiger partial charge is 0.368 e. The molecule has 0 spiro atoms. The highest BCUT2D eigenvalue weighted by atomic mass is 16.8.